The van der Waals surface area contributed by atoms with Crippen LogP contribution in [-0.4, -0.2) is 28.7 Å². The van der Waals surface area contributed by atoms with Gasteiger partial charge in [-0.25, -0.2) is 36.5 Å². The van der Waals surface area contributed by atoms with Gasteiger partial charge in [0.25, 0.3) is 10.0 Å². The van der Waals surface area contributed by atoms with Crippen molar-refractivity contribution in [3.05, 3.63) is 72.6 Å². The molecule has 1 aliphatic rings. The van der Waals surface area contributed by atoms with Crippen molar-refractivity contribution in [1.82, 2.24) is 15.0 Å². The number of fused-ring (bicyclic) bond motifs is 1. The van der Waals surface area contributed by atoms with Crippen LogP contribution < -0.4 is 9.62 Å². The van der Waals surface area contributed by atoms with Crippen LogP contribution in [0.15, 0.2) is 55.0 Å². The van der Waals surface area contributed by atoms with Crippen LogP contribution in [0.25, 0.3) is 22.0 Å². The van der Waals surface area contributed by atoms with E-state index in [0.29, 0.717) is 16.5 Å². The zero-order chi connectivity index (χ0) is 23.3. The molecule has 0 spiro atoms. The minimum absolute atomic E-state index is 0.0711. The molecule has 7 nitrogen and oxygen atoms in total. The Hall–Kier alpha value is -3.73. The molecule has 2 aromatic heterocycles. The SMILES string of the molecule is CCC1N(c2ccc(F)c(Nc3ncnc4ccc(-c5cccnc5F)cc34)c2F)S1(=O)=O. The second-order valence-corrected chi connectivity index (χ2v) is 9.35. The fourth-order valence-corrected chi connectivity index (χ4v) is 5.58. The van der Waals surface area contributed by atoms with Crippen LogP contribution in [0.5, 0.6) is 0 Å². The molecule has 2 aromatic carbocycles. The molecule has 1 unspecified atom stereocenters. The molecule has 168 valence electrons. The lowest BCUT2D eigenvalue weighted by molar-refractivity contribution is 0.587. The number of halogens is 3. The zero-order valence-electron chi connectivity index (χ0n) is 17.1. The molecule has 1 atom stereocenters. The first kappa shape index (κ1) is 21.1. The molecule has 1 fully saturated rings. The van der Waals surface area contributed by atoms with Crippen LogP contribution in [-0.2, 0) is 10.0 Å². The van der Waals surface area contributed by atoms with Gasteiger partial charge in [-0.15, -0.1) is 0 Å². The third-order valence-corrected chi connectivity index (χ3v) is 7.46. The summed E-state index contributed by atoms with van der Waals surface area (Å²) in [5.74, 6) is -2.58. The van der Waals surface area contributed by atoms with Gasteiger partial charge in [0, 0.05) is 17.1 Å². The normalized spacial score (nSPS) is 16.7. The smallest absolute Gasteiger partial charge is 0.258 e. The first-order valence-electron chi connectivity index (χ1n) is 9.97. The number of benzene rings is 2. The Labute approximate surface area is 187 Å². The summed E-state index contributed by atoms with van der Waals surface area (Å²) in [6.45, 7) is 1.67. The van der Waals surface area contributed by atoms with Gasteiger partial charge in [-0.3, -0.25) is 0 Å². The summed E-state index contributed by atoms with van der Waals surface area (Å²) in [6.07, 6.45) is 2.82. The predicted molar refractivity (Wildman–Crippen MR) is 118 cm³/mol. The summed E-state index contributed by atoms with van der Waals surface area (Å²) in [4.78, 5) is 11.9. The number of nitrogens with zero attached hydrogens (tertiary/aromatic N) is 4. The van der Waals surface area contributed by atoms with Gasteiger partial charge >= 0.3 is 0 Å². The van der Waals surface area contributed by atoms with Gasteiger partial charge in [-0.2, -0.15) is 4.39 Å². The predicted octanol–water partition coefficient (Wildman–Crippen LogP) is 4.74. The van der Waals surface area contributed by atoms with Crippen LogP contribution in [0, 0.1) is 17.6 Å². The molecule has 4 aromatic rings. The standard InChI is InChI=1S/C22H16F3N5O2S/c1-2-18-30(33(18,31)32)17-8-6-15(23)20(19(17)24)29-22-14-10-12(5-7-16(14)27-11-28-22)13-4-3-9-26-21(13)25/h3-11,18H,2H2,1H3,(H,27,28,29). The Kier molecular flexibility index (Phi) is 4.93. The van der Waals surface area contributed by atoms with Crippen LogP contribution in [0.2, 0.25) is 0 Å². The molecular weight excluding hydrogens is 455 g/mol. The topological polar surface area (TPSA) is 87.8 Å². The fraction of sp³-hybridized carbons (Fsp3) is 0.136. The van der Waals surface area contributed by atoms with Crippen molar-refractivity contribution in [3.63, 3.8) is 0 Å². The van der Waals surface area contributed by atoms with E-state index < -0.39 is 38.7 Å². The van der Waals surface area contributed by atoms with Crippen molar-refractivity contribution in [2.45, 2.75) is 18.7 Å². The van der Waals surface area contributed by atoms with E-state index in [1.165, 1.54) is 12.5 Å². The number of hydrogen-bond acceptors (Lipinski definition) is 6. The van der Waals surface area contributed by atoms with Crippen LogP contribution in [0.3, 0.4) is 0 Å². The molecule has 1 N–H and O–H groups in total. The maximum atomic E-state index is 15.3. The molecular formula is C22H16F3N5O2S. The minimum Gasteiger partial charge on any atom is -0.335 e. The molecule has 5 rings (SSSR count). The number of anilines is 3. The number of aromatic nitrogens is 3. The highest BCUT2D eigenvalue weighted by molar-refractivity contribution is 8.00. The minimum atomic E-state index is -3.63. The zero-order valence-corrected chi connectivity index (χ0v) is 17.9. The van der Waals surface area contributed by atoms with Gasteiger partial charge in [-0.1, -0.05) is 13.0 Å². The highest BCUT2D eigenvalue weighted by Gasteiger charge is 2.54. The van der Waals surface area contributed by atoms with Gasteiger partial charge in [0.15, 0.2) is 11.2 Å². The molecule has 0 amide bonds. The Morgan fingerprint density at radius 1 is 1.06 bits per heavy atom. The van der Waals surface area contributed by atoms with Gasteiger partial charge in [0.2, 0.25) is 5.95 Å². The summed E-state index contributed by atoms with van der Waals surface area (Å²) in [5.41, 5.74) is 0.370. The Morgan fingerprint density at radius 2 is 1.88 bits per heavy atom. The molecule has 1 saturated heterocycles. The molecule has 1 aliphatic heterocycles. The number of sulfonamides is 1. The highest BCUT2D eigenvalue weighted by atomic mass is 32.2. The van der Waals surface area contributed by atoms with E-state index in [2.05, 4.69) is 20.3 Å². The summed E-state index contributed by atoms with van der Waals surface area (Å²) in [7, 11) is -3.63. The highest BCUT2D eigenvalue weighted by Crippen LogP contribution is 2.43. The van der Waals surface area contributed by atoms with Gasteiger partial charge in [-0.05, 0) is 48.4 Å². The summed E-state index contributed by atoms with van der Waals surface area (Å²) >= 11 is 0. The van der Waals surface area contributed by atoms with Crippen molar-refractivity contribution in [3.8, 4) is 11.1 Å². The van der Waals surface area contributed by atoms with E-state index in [4.69, 9.17) is 0 Å². The molecule has 11 heteroatoms. The van der Waals surface area contributed by atoms with Crippen molar-refractivity contribution >= 4 is 38.1 Å². The lowest BCUT2D eigenvalue weighted by Crippen LogP contribution is -2.06. The maximum absolute atomic E-state index is 15.3. The van der Waals surface area contributed by atoms with Crippen molar-refractivity contribution in [2.75, 3.05) is 9.62 Å². The molecule has 33 heavy (non-hydrogen) atoms. The van der Waals surface area contributed by atoms with E-state index in [9.17, 15) is 17.2 Å². The first-order valence-corrected chi connectivity index (χ1v) is 11.5. The third kappa shape index (κ3) is 3.44. The first-order chi connectivity index (χ1) is 15.8. The molecule has 0 radical (unpaired) electrons. The van der Waals surface area contributed by atoms with Gasteiger partial charge in [0.1, 0.15) is 23.6 Å². The Bertz CT molecular complexity index is 1510. The van der Waals surface area contributed by atoms with E-state index in [0.717, 1.165) is 16.4 Å². The number of hydrogen-bond donors (Lipinski definition) is 1. The van der Waals surface area contributed by atoms with Crippen molar-refractivity contribution in [2.24, 2.45) is 0 Å². The number of pyridine rings is 1. The van der Waals surface area contributed by atoms with Gasteiger partial charge < -0.3 is 5.32 Å². The second-order valence-electron chi connectivity index (χ2n) is 7.38. The van der Waals surface area contributed by atoms with Crippen LogP contribution in [0.1, 0.15) is 13.3 Å². The van der Waals surface area contributed by atoms with E-state index in [-0.39, 0.29) is 23.5 Å². The summed E-state index contributed by atoms with van der Waals surface area (Å²) in [5, 5.41) is 2.17. The lowest BCUT2D eigenvalue weighted by Gasteiger charge is -2.13. The van der Waals surface area contributed by atoms with Gasteiger partial charge in [0.05, 0.1) is 11.2 Å². The number of nitrogens with one attached hydrogen (secondary N) is 1. The quantitative estimate of drug-likeness (QED) is 0.334. The monoisotopic (exact) mass is 471 g/mol. The molecule has 0 aliphatic carbocycles. The largest absolute Gasteiger partial charge is 0.335 e. The van der Waals surface area contributed by atoms with Crippen molar-refractivity contribution in [1.29, 1.82) is 0 Å². The van der Waals surface area contributed by atoms with Crippen LogP contribution in [0.4, 0.5) is 30.4 Å². The van der Waals surface area contributed by atoms with Crippen molar-refractivity contribution < 1.29 is 21.6 Å². The maximum Gasteiger partial charge on any atom is 0.258 e. The molecule has 0 bridgehead atoms. The summed E-state index contributed by atoms with van der Waals surface area (Å²) < 4.78 is 69.2. The molecule has 0 saturated carbocycles. The summed E-state index contributed by atoms with van der Waals surface area (Å²) in [6, 6.07) is 10.1. The van der Waals surface area contributed by atoms with E-state index in [1.54, 1.807) is 37.3 Å². The number of rotatable bonds is 5. The fourth-order valence-electron chi connectivity index (χ4n) is 3.78. The van der Waals surface area contributed by atoms with E-state index >= 15 is 4.39 Å². The Morgan fingerprint density at radius 3 is 2.61 bits per heavy atom. The average molecular weight is 471 g/mol. The lowest BCUT2D eigenvalue weighted by atomic mass is 10.0. The second kappa shape index (κ2) is 7.69. The molecule has 3 heterocycles. The third-order valence-electron chi connectivity index (χ3n) is 5.44. The Balaban J connectivity index is 1.60. The van der Waals surface area contributed by atoms with Crippen LogP contribution >= 0.6 is 0 Å². The van der Waals surface area contributed by atoms with E-state index in [1.807, 2.05) is 0 Å². The average Bonchev–Trinajstić information content (AvgIpc) is 3.36.